The van der Waals surface area contributed by atoms with Crippen LogP contribution in [0.1, 0.15) is 18.4 Å². The number of hydrogen-bond donors (Lipinski definition) is 0. The molecule has 0 bridgehead atoms. The van der Waals surface area contributed by atoms with Gasteiger partial charge < -0.3 is 4.74 Å². The third kappa shape index (κ3) is 4.47. The lowest BCUT2D eigenvalue weighted by Gasteiger charge is -2.15. The van der Waals surface area contributed by atoms with Gasteiger partial charge in [-0.2, -0.15) is 0 Å². The van der Waals surface area contributed by atoms with E-state index < -0.39 is 8.07 Å². The van der Waals surface area contributed by atoms with Crippen molar-refractivity contribution < 1.29 is 9.53 Å². The predicted octanol–water partition coefficient (Wildman–Crippen LogP) is 4.37. The van der Waals surface area contributed by atoms with Crippen molar-refractivity contribution in [3.05, 3.63) is 48.0 Å². The van der Waals surface area contributed by atoms with Crippen molar-refractivity contribution in [2.24, 2.45) is 0 Å². The summed E-state index contributed by atoms with van der Waals surface area (Å²) in [4.78, 5) is 11.2. The maximum Gasteiger partial charge on any atom is 0.302 e. The lowest BCUT2D eigenvalue weighted by molar-refractivity contribution is -0.141. The monoisotopic (exact) mass is 310 g/mol. The largest absolute Gasteiger partial charge is 0.464 e. The quantitative estimate of drug-likeness (QED) is 0.478. The first-order chi connectivity index (χ1) is 10.4. The summed E-state index contributed by atoms with van der Waals surface area (Å²) in [5.74, 6) is 3.01. The van der Waals surface area contributed by atoms with Crippen LogP contribution in [0.3, 0.4) is 0 Å². The smallest absolute Gasteiger partial charge is 0.302 e. The maximum atomic E-state index is 11.2. The fraction of sp³-hybridized carbons (Fsp3) is 0.316. The topological polar surface area (TPSA) is 26.3 Å². The van der Waals surface area contributed by atoms with Gasteiger partial charge in [0.05, 0.1) is 5.92 Å². The third-order valence-corrected chi connectivity index (χ3v) is 4.17. The first-order valence-corrected chi connectivity index (χ1v) is 11.0. The van der Waals surface area contributed by atoms with E-state index in [1.54, 1.807) is 0 Å². The number of fused-ring (bicyclic) bond motifs is 1. The van der Waals surface area contributed by atoms with Crippen LogP contribution in [0, 0.1) is 11.5 Å². The minimum Gasteiger partial charge on any atom is -0.464 e. The molecule has 0 radical (unpaired) electrons. The van der Waals surface area contributed by atoms with Crippen molar-refractivity contribution in [1.29, 1.82) is 0 Å². The molecule has 1 atom stereocenters. The first kappa shape index (κ1) is 16.3. The highest BCUT2D eigenvalue weighted by atomic mass is 28.3. The normalized spacial score (nSPS) is 12.4. The van der Waals surface area contributed by atoms with Gasteiger partial charge >= 0.3 is 5.97 Å². The summed E-state index contributed by atoms with van der Waals surface area (Å²) in [5.41, 5.74) is 4.54. The molecule has 3 heteroatoms. The van der Waals surface area contributed by atoms with Crippen LogP contribution in [0.2, 0.25) is 19.6 Å². The van der Waals surface area contributed by atoms with Gasteiger partial charge in [-0.3, -0.25) is 4.79 Å². The Morgan fingerprint density at radius 1 is 1.14 bits per heavy atom. The number of esters is 1. The van der Waals surface area contributed by atoms with Crippen LogP contribution >= 0.6 is 0 Å². The molecule has 1 unspecified atom stereocenters. The van der Waals surface area contributed by atoms with Crippen molar-refractivity contribution in [2.75, 3.05) is 6.61 Å². The highest BCUT2D eigenvalue weighted by molar-refractivity contribution is 6.83. The molecule has 0 saturated heterocycles. The zero-order valence-corrected chi connectivity index (χ0v) is 14.6. The summed E-state index contributed by atoms with van der Waals surface area (Å²) in [7, 11) is -1.48. The average Bonchev–Trinajstić information content (AvgIpc) is 2.46. The summed E-state index contributed by atoms with van der Waals surface area (Å²) < 4.78 is 5.25. The van der Waals surface area contributed by atoms with Gasteiger partial charge in [0, 0.05) is 6.92 Å². The summed E-state index contributed by atoms with van der Waals surface area (Å²) in [6.07, 6.45) is 0. The molecule has 0 spiro atoms. The minimum atomic E-state index is -1.48. The fourth-order valence-corrected chi connectivity index (χ4v) is 2.88. The Bertz CT molecular complexity index is 727. The molecule has 2 aromatic carbocycles. The lowest BCUT2D eigenvalue weighted by atomic mass is 9.94. The summed E-state index contributed by atoms with van der Waals surface area (Å²) in [6.45, 7) is 8.39. The maximum absolute atomic E-state index is 11.2. The summed E-state index contributed by atoms with van der Waals surface area (Å²) >= 11 is 0. The summed E-state index contributed by atoms with van der Waals surface area (Å²) in [5, 5.41) is 2.36. The molecule has 2 aromatic rings. The Labute approximate surface area is 133 Å². The van der Waals surface area contributed by atoms with E-state index in [0.717, 1.165) is 5.56 Å². The molecule has 0 fully saturated rings. The molecular weight excluding hydrogens is 288 g/mol. The van der Waals surface area contributed by atoms with E-state index in [9.17, 15) is 4.79 Å². The molecule has 0 saturated carbocycles. The van der Waals surface area contributed by atoms with Crippen LogP contribution in [0.4, 0.5) is 0 Å². The van der Waals surface area contributed by atoms with Crippen molar-refractivity contribution in [3.8, 4) is 11.5 Å². The van der Waals surface area contributed by atoms with Crippen molar-refractivity contribution in [3.63, 3.8) is 0 Å². The van der Waals surface area contributed by atoms with E-state index in [4.69, 9.17) is 4.74 Å². The molecule has 0 aliphatic carbocycles. The standard InChI is InChI=1S/C19H22O2Si/c1-15(20)21-14-17(12-13-22(2,3)4)19-11-7-9-16-8-5-6-10-18(16)19/h5-11,17H,14H2,1-4H3. The second kappa shape index (κ2) is 6.80. The molecule has 0 aliphatic rings. The molecule has 0 aromatic heterocycles. The van der Waals surface area contributed by atoms with Crippen LogP contribution in [0.25, 0.3) is 10.8 Å². The van der Waals surface area contributed by atoms with Crippen molar-refractivity contribution in [2.45, 2.75) is 32.5 Å². The molecule has 2 rings (SSSR count). The Hall–Kier alpha value is -2.05. The van der Waals surface area contributed by atoms with E-state index >= 15 is 0 Å². The number of ether oxygens (including phenoxy) is 1. The first-order valence-electron chi connectivity index (χ1n) is 7.50. The second-order valence-electron chi connectivity index (χ2n) is 6.44. The summed E-state index contributed by atoms with van der Waals surface area (Å²) in [6, 6.07) is 14.5. The zero-order chi connectivity index (χ0) is 16.2. The molecule has 22 heavy (non-hydrogen) atoms. The number of carbonyl (C=O) groups excluding carboxylic acids is 1. The molecule has 114 valence electrons. The van der Waals surface area contributed by atoms with E-state index in [2.05, 4.69) is 55.4 Å². The van der Waals surface area contributed by atoms with Gasteiger partial charge in [-0.1, -0.05) is 68.0 Å². The molecule has 2 nitrogen and oxygen atoms in total. The SMILES string of the molecule is CC(=O)OCC(C#C[Si](C)(C)C)c1cccc2ccccc12. The highest BCUT2D eigenvalue weighted by Crippen LogP contribution is 2.26. The van der Waals surface area contributed by atoms with Crippen molar-refractivity contribution in [1.82, 2.24) is 0 Å². The zero-order valence-electron chi connectivity index (χ0n) is 13.6. The Balaban J connectivity index is 2.45. The van der Waals surface area contributed by atoms with Gasteiger partial charge in [-0.25, -0.2) is 0 Å². The van der Waals surface area contributed by atoms with Crippen LogP contribution in [0.5, 0.6) is 0 Å². The Morgan fingerprint density at radius 2 is 1.82 bits per heavy atom. The number of hydrogen-bond acceptors (Lipinski definition) is 2. The Morgan fingerprint density at radius 3 is 2.50 bits per heavy atom. The highest BCUT2D eigenvalue weighted by Gasteiger charge is 2.15. The van der Waals surface area contributed by atoms with Gasteiger partial charge in [0.1, 0.15) is 14.7 Å². The Kier molecular flexibility index (Phi) is 5.05. The van der Waals surface area contributed by atoms with Gasteiger partial charge in [-0.05, 0) is 16.3 Å². The molecule has 0 aliphatic heterocycles. The van der Waals surface area contributed by atoms with E-state index in [-0.39, 0.29) is 11.9 Å². The molecule has 0 heterocycles. The predicted molar refractivity (Wildman–Crippen MR) is 94.4 cm³/mol. The van der Waals surface area contributed by atoms with E-state index in [0.29, 0.717) is 6.61 Å². The molecule has 0 N–H and O–H groups in total. The van der Waals surface area contributed by atoms with Gasteiger partial charge in [0.25, 0.3) is 0 Å². The average molecular weight is 310 g/mol. The van der Waals surface area contributed by atoms with E-state index in [1.807, 2.05) is 18.2 Å². The number of carbonyl (C=O) groups is 1. The van der Waals surface area contributed by atoms with Gasteiger partial charge in [0.15, 0.2) is 0 Å². The van der Waals surface area contributed by atoms with Crippen LogP contribution < -0.4 is 0 Å². The van der Waals surface area contributed by atoms with Gasteiger partial charge in [-0.15, -0.1) is 5.54 Å². The number of rotatable bonds is 3. The molecule has 0 amide bonds. The van der Waals surface area contributed by atoms with Crippen molar-refractivity contribution >= 4 is 24.8 Å². The second-order valence-corrected chi connectivity index (χ2v) is 11.2. The van der Waals surface area contributed by atoms with Gasteiger partial charge in [0.2, 0.25) is 0 Å². The minimum absolute atomic E-state index is 0.0817. The van der Waals surface area contributed by atoms with Crippen LogP contribution in [-0.2, 0) is 9.53 Å². The fourth-order valence-electron chi connectivity index (χ4n) is 2.27. The number of benzene rings is 2. The lowest BCUT2D eigenvalue weighted by Crippen LogP contribution is -2.18. The van der Waals surface area contributed by atoms with E-state index in [1.165, 1.54) is 17.7 Å². The third-order valence-electron chi connectivity index (χ3n) is 3.27. The molecular formula is C19H22O2Si. The van der Waals surface area contributed by atoms with Crippen LogP contribution in [-0.4, -0.2) is 20.7 Å². The van der Waals surface area contributed by atoms with Crippen LogP contribution in [0.15, 0.2) is 42.5 Å².